The van der Waals surface area contributed by atoms with E-state index in [9.17, 15) is 31.2 Å². The highest BCUT2D eigenvalue weighted by Crippen LogP contribution is 2.29. The molecule has 3 heterocycles. The van der Waals surface area contributed by atoms with Gasteiger partial charge in [-0.1, -0.05) is 12.1 Å². The summed E-state index contributed by atoms with van der Waals surface area (Å²) in [7, 11) is -3.26. The summed E-state index contributed by atoms with van der Waals surface area (Å²) >= 11 is 0. The summed E-state index contributed by atoms with van der Waals surface area (Å²) in [6.45, 7) is 1.01. The van der Waals surface area contributed by atoms with E-state index in [1.807, 2.05) is 0 Å². The summed E-state index contributed by atoms with van der Waals surface area (Å²) in [5.41, 5.74) is -0.621. The molecule has 0 saturated carbocycles. The molecule has 1 aliphatic heterocycles. The molecule has 1 aromatic carbocycles. The van der Waals surface area contributed by atoms with Crippen molar-refractivity contribution in [3.63, 3.8) is 0 Å². The fourth-order valence-electron chi connectivity index (χ4n) is 4.20. The van der Waals surface area contributed by atoms with Crippen LogP contribution in [0.2, 0.25) is 0 Å². The number of aromatic nitrogens is 4. The maximum absolute atomic E-state index is 13.0. The van der Waals surface area contributed by atoms with E-state index in [1.54, 1.807) is 0 Å². The van der Waals surface area contributed by atoms with Gasteiger partial charge in [-0.15, -0.1) is 0 Å². The number of carbonyl (C=O) groups excluding carboxylic acids is 1. The number of carbonyl (C=O) groups is 1. The third-order valence-corrected chi connectivity index (χ3v) is 7.45. The SMILES string of the molecule is CS(=O)(=O)N1CCC(C(=O)NCCn2ncc3c(=O)n(Cc4cccc(C(F)(F)F)c4)cnc32)CC1. The van der Waals surface area contributed by atoms with Crippen LogP contribution in [0.4, 0.5) is 13.2 Å². The van der Waals surface area contributed by atoms with Gasteiger partial charge in [-0.2, -0.15) is 18.3 Å². The van der Waals surface area contributed by atoms with Crippen molar-refractivity contribution in [1.82, 2.24) is 29.0 Å². The molecule has 1 saturated heterocycles. The second kappa shape index (κ2) is 10.0. The zero-order valence-corrected chi connectivity index (χ0v) is 20.2. The van der Waals surface area contributed by atoms with Crippen molar-refractivity contribution < 1.29 is 26.4 Å². The number of alkyl halides is 3. The number of halogens is 3. The Bertz CT molecular complexity index is 1430. The number of nitrogens with zero attached hydrogens (tertiary/aromatic N) is 5. The lowest BCUT2D eigenvalue weighted by Crippen LogP contribution is -2.43. The topological polar surface area (TPSA) is 119 Å². The van der Waals surface area contributed by atoms with Crippen LogP contribution in [0, 0.1) is 5.92 Å². The molecule has 0 bridgehead atoms. The average Bonchev–Trinajstić information content (AvgIpc) is 3.24. The van der Waals surface area contributed by atoms with Crippen LogP contribution in [-0.2, 0) is 34.1 Å². The quantitative estimate of drug-likeness (QED) is 0.498. The lowest BCUT2D eigenvalue weighted by atomic mass is 9.97. The number of fused-ring (bicyclic) bond motifs is 1. The van der Waals surface area contributed by atoms with Crippen molar-refractivity contribution >= 4 is 27.0 Å². The van der Waals surface area contributed by atoms with Gasteiger partial charge in [-0.05, 0) is 30.5 Å². The highest BCUT2D eigenvalue weighted by Gasteiger charge is 2.30. The molecular weight excluding hydrogens is 501 g/mol. The first-order chi connectivity index (χ1) is 16.9. The summed E-state index contributed by atoms with van der Waals surface area (Å²) in [4.78, 5) is 29.6. The highest BCUT2D eigenvalue weighted by atomic mass is 32.2. The van der Waals surface area contributed by atoms with Gasteiger partial charge in [0.05, 0.1) is 31.1 Å². The molecule has 194 valence electrons. The Balaban J connectivity index is 1.37. The summed E-state index contributed by atoms with van der Waals surface area (Å²) < 4.78 is 66.2. The second-order valence-corrected chi connectivity index (χ2v) is 10.7. The molecule has 0 aliphatic carbocycles. The Hall–Kier alpha value is -3.26. The number of hydrogen-bond acceptors (Lipinski definition) is 6. The molecule has 1 fully saturated rings. The van der Waals surface area contributed by atoms with Crippen molar-refractivity contribution in [2.75, 3.05) is 25.9 Å². The van der Waals surface area contributed by atoms with Gasteiger partial charge >= 0.3 is 6.18 Å². The van der Waals surface area contributed by atoms with E-state index in [0.717, 1.165) is 18.4 Å². The Kier molecular flexibility index (Phi) is 7.18. The van der Waals surface area contributed by atoms with Gasteiger partial charge in [0.15, 0.2) is 5.65 Å². The number of piperidine rings is 1. The zero-order valence-electron chi connectivity index (χ0n) is 19.4. The maximum Gasteiger partial charge on any atom is 0.416 e. The average molecular weight is 527 g/mol. The molecule has 0 atom stereocenters. The summed E-state index contributed by atoms with van der Waals surface area (Å²) in [6.07, 6.45) is 0.156. The summed E-state index contributed by atoms with van der Waals surface area (Å²) in [5, 5.41) is 7.19. The fourth-order valence-corrected chi connectivity index (χ4v) is 5.07. The predicted octanol–water partition coefficient (Wildman–Crippen LogP) is 1.45. The van der Waals surface area contributed by atoms with Crippen LogP contribution in [0.5, 0.6) is 0 Å². The number of amides is 1. The van der Waals surface area contributed by atoms with E-state index in [1.165, 1.54) is 38.2 Å². The van der Waals surface area contributed by atoms with Crippen molar-refractivity contribution in [1.29, 1.82) is 0 Å². The van der Waals surface area contributed by atoms with E-state index in [-0.39, 0.29) is 36.8 Å². The van der Waals surface area contributed by atoms with Crippen LogP contribution in [0.25, 0.3) is 11.0 Å². The summed E-state index contributed by atoms with van der Waals surface area (Å²) in [5.74, 6) is -0.449. The third kappa shape index (κ3) is 5.75. The van der Waals surface area contributed by atoms with Crippen LogP contribution in [0.15, 0.2) is 41.6 Å². The first-order valence-electron chi connectivity index (χ1n) is 11.2. The first-order valence-corrected chi connectivity index (χ1v) is 13.1. The van der Waals surface area contributed by atoms with Crippen molar-refractivity contribution in [3.8, 4) is 0 Å². The van der Waals surface area contributed by atoms with Gasteiger partial charge in [-0.25, -0.2) is 22.4 Å². The smallest absolute Gasteiger partial charge is 0.354 e. The van der Waals surface area contributed by atoms with Crippen molar-refractivity contribution in [2.45, 2.75) is 32.1 Å². The number of hydrogen-bond donors (Lipinski definition) is 1. The van der Waals surface area contributed by atoms with E-state index in [0.29, 0.717) is 37.1 Å². The van der Waals surface area contributed by atoms with Crippen LogP contribution in [0.1, 0.15) is 24.0 Å². The highest BCUT2D eigenvalue weighted by molar-refractivity contribution is 7.88. The molecule has 1 aliphatic rings. The minimum atomic E-state index is -4.48. The molecule has 1 amide bonds. The van der Waals surface area contributed by atoms with Crippen LogP contribution in [0.3, 0.4) is 0 Å². The predicted molar refractivity (Wildman–Crippen MR) is 124 cm³/mol. The zero-order chi connectivity index (χ0) is 26.1. The molecule has 4 rings (SSSR count). The molecule has 2 aromatic heterocycles. The van der Waals surface area contributed by atoms with Gasteiger partial charge in [0, 0.05) is 25.6 Å². The Morgan fingerprint density at radius 3 is 2.61 bits per heavy atom. The van der Waals surface area contributed by atoms with E-state index >= 15 is 0 Å². The van der Waals surface area contributed by atoms with E-state index < -0.39 is 27.3 Å². The molecule has 3 aromatic rings. The van der Waals surface area contributed by atoms with E-state index in [4.69, 9.17) is 0 Å². The lowest BCUT2D eigenvalue weighted by molar-refractivity contribution is -0.137. The first kappa shape index (κ1) is 25.8. The van der Waals surface area contributed by atoms with Gasteiger partial charge in [0.1, 0.15) is 11.7 Å². The third-order valence-electron chi connectivity index (χ3n) is 6.15. The molecular formula is C22H25F3N6O4S. The standard InChI is InChI=1S/C22H25F3N6O4S/c1-36(34,35)30-8-5-16(6-9-30)20(32)26-7-10-31-19-18(12-28-31)21(33)29(14-27-19)13-15-3-2-4-17(11-15)22(23,24)25/h2-4,11-12,14,16H,5-10,13H2,1H3,(H,26,32). The van der Waals surface area contributed by atoms with Crippen molar-refractivity contribution in [3.05, 3.63) is 58.3 Å². The normalized spacial score (nSPS) is 15.9. The lowest BCUT2D eigenvalue weighted by Gasteiger charge is -2.29. The molecule has 36 heavy (non-hydrogen) atoms. The Morgan fingerprint density at radius 2 is 1.94 bits per heavy atom. The van der Waals surface area contributed by atoms with Gasteiger partial charge in [-0.3, -0.25) is 14.2 Å². The minimum absolute atomic E-state index is 0.0783. The van der Waals surface area contributed by atoms with Crippen LogP contribution in [-0.4, -0.2) is 63.9 Å². The minimum Gasteiger partial charge on any atom is -0.354 e. The number of benzene rings is 1. The van der Waals surface area contributed by atoms with Gasteiger partial charge in [0.2, 0.25) is 15.9 Å². The second-order valence-electron chi connectivity index (χ2n) is 8.71. The molecule has 1 N–H and O–H groups in total. The molecule has 10 nitrogen and oxygen atoms in total. The van der Waals surface area contributed by atoms with Gasteiger partial charge < -0.3 is 5.32 Å². The maximum atomic E-state index is 13.0. The monoisotopic (exact) mass is 526 g/mol. The molecule has 0 spiro atoms. The number of sulfonamides is 1. The Labute approximate surface area is 204 Å². The number of rotatable bonds is 7. The van der Waals surface area contributed by atoms with E-state index in [2.05, 4.69) is 15.4 Å². The fraction of sp³-hybridized carbons (Fsp3) is 0.455. The molecule has 0 unspecified atom stereocenters. The molecule has 14 heteroatoms. The number of nitrogens with one attached hydrogen (secondary N) is 1. The van der Waals surface area contributed by atoms with Gasteiger partial charge in [0.25, 0.3) is 5.56 Å². The Morgan fingerprint density at radius 1 is 1.22 bits per heavy atom. The summed E-state index contributed by atoms with van der Waals surface area (Å²) in [6, 6.07) is 4.75. The van der Waals surface area contributed by atoms with Crippen LogP contribution >= 0.6 is 0 Å². The van der Waals surface area contributed by atoms with Crippen molar-refractivity contribution in [2.24, 2.45) is 5.92 Å². The largest absolute Gasteiger partial charge is 0.416 e. The van der Waals surface area contributed by atoms with Crippen LogP contribution < -0.4 is 10.9 Å². The molecule has 0 radical (unpaired) electrons.